The van der Waals surface area contributed by atoms with Crippen LogP contribution in [0.25, 0.3) is 0 Å². The molecule has 90 valence electrons. The van der Waals surface area contributed by atoms with Gasteiger partial charge in [-0.1, -0.05) is 26.2 Å². The van der Waals surface area contributed by atoms with Gasteiger partial charge in [-0.3, -0.25) is 0 Å². The van der Waals surface area contributed by atoms with E-state index in [-0.39, 0.29) is 11.9 Å². The zero-order valence-electron chi connectivity index (χ0n) is 10.3. The Morgan fingerprint density at radius 3 is 2.27 bits per heavy atom. The van der Waals surface area contributed by atoms with Crippen molar-refractivity contribution in [1.82, 2.24) is 0 Å². The molecule has 1 heterocycles. The van der Waals surface area contributed by atoms with Gasteiger partial charge in [-0.05, 0) is 32.7 Å². The largest absolute Gasteiger partial charge is 0.348 e. The van der Waals surface area contributed by atoms with Crippen LogP contribution >= 0.6 is 0 Å². The molecule has 2 atom stereocenters. The summed E-state index contributed by atoms with van der Waals surface area (Å²) in [6.45, 7) is 7.45. The van der Waals surface area contributed by atoms with Crippen molar-refractivity contribution in [3.63, 3.8) is 0 Å². The number of hydrogen-bond acceptors (Lipinski definition) is 3. The van der Waals surface area contributed by atoms with E-state index in [0.29, 0.717) is 12.5 Å². The smallest absolute Gasteiger partial charge is 0.163 e. The minimum absolute atomic E-state index is 0.235. The van der Waals surface area contributed by atoms with Crippen molar-refractivity contribution in [3.8, 4) is 0 Å². The second-order valence-corrected chi connectivity index (χ2v) is 5.09. The summed E-state index contributed by atoms with van der Waals surface area (Å²) in [4.78, 5) is 0. The second kappa shape index (κ2) is 5.83. The van der Waals surface area contributed by atoms with Gasteiger partial charge in [0.1, 0.15) is 0 Å². The van der Waals surface area contributed by atoms with Gasteiger partial charge in [0, 0.05) is 0 Å². The quantitative estimate of drug-likeness (QED) is 0.785. The first-order chi connectivity index (χ1) is 7.03. The predicted molar refractivity (Wildman–Crippen MR) is 61.6 cm³/mol. The van der Waals surface area contributed by atoms with Gasteiger partial charge in [0.25, 0.3) is 0 Å². The van der Waals surface area contributed by atoms with E-state index in [1.807, 2.05) is 13.8 Å². The van der Waals surface area contributed by atoms with Crippen LogP contribution in [0.4, 0.5) is 0 Å². The molecule has 1 saturated carbocycles. The highest BCUT2D eigenvalue weighted by Gasteiger charge is 2.32. The lowest BCUT2D eigenvalue weighted by Gasteiger charge is -2.18. The van der Waals surface area contributed by atoms with Gasteiger partial charge in [0.05, 0.1) is 12.7 Å². The minimum atomic E-state index is -0.390. The fraction of sp³-hybridized carbons (Fsp3) is 1.00. The molecule has 0 spiro atoms. The molecule has 2 aliphatic rings. The van der Waals surface area contributed by atoms with Crippen LogP contribution in [0.5, 0.6) is 0 Å². The Bertz CT molecular complexity index is 178. The molecule has 0 amide bonds. The van der Waals surface area contributed by atoms with E-state index in [1.54, 1.807) is 0 Å². The molecule has 0 bridgehead atoms. The van der Waals surface area contributed by atoms with Crippen LogP contribution in [0.1, 0.15) is 46.5 Å². The van der Waals surface area contributed by atoms with Crippen molar-refractivity contribution in [2.24, 2.45) is 11.7 Å². The van der Waals surface area contributed by atoms with E-state index in [1.165, 1.54) is 19.3 Å². The van der Waals surface area contributed by atoms with Crippen LogP contribution in [-0.4, -0.2) is 25.0 Å². The second-order valence-electron chi connectivity index (χ2n) is 5.09. The van der Waals surface area contributed by atoms with Gasteiger partial charge in [-0.15, -0.1) is 0 Å². The van der Waals surface area contributed by atoms with Crippen LogP contribution in [0.3, 0.4) is 0 Å². The topological polar surface area (TPSA) is 44.5 Å². The van der Waals surface area contributed by atoms with Crippen molar-refractivity contribution in [2.75, 3.05) is 13.2 Å². The van der Waals surface area contributed by atoms with E-state index in [9.17, 15) is 0 Å². The first-order valence-corrected chi connectivity index (χ1v) is 6.05. The Morgan fingerprint density at radius 1 is 1.33 bits per heavy atom. The lowest BCUT2D eigenvalue weighted by molar-refractivity contribution is -0.139. The molecule has 0 aromatic heterocycles. The highest BCUT2D eigenvalue weighted by Crippen LogP contribution is 2.25. The van der Waals surface area contributed by atoms with Gasteiger partial charge in [-0.2, -0.15) is 0 Å². The maximum absolute atomic E-state index is 5.64. The number of rotatable bonds is 3. The standard InChI is InChI=1S/C9H19NO2.C3H6/c1-7(5-10)4-8-6-11-9(2,3)12-8;1-2-3-1/h7-8H,4-6,10H2,1-3H3;1-3H2. The molecule has 0 radical (unpaired) electrons. The Balaban J connectivity index is 0.000000319. The third kappa shape index (κ3) is 6.13. The van der Waals surface area contributed by atoms with Gasteiger partial charge >= 0.3 is 0 Å². The molecule has 1 saturated heterocycles. The van der Waals surface area contributed by atoms with E-state index in [4.69, 9.17) is 15.2 Å². The minimum Gasteiger partial charge on any atom is -0.348 e. The SMILES string of the molecule is C1CC1.CC(CN)CC1COC(C)(C)O1. The van der Waals surface area contributed by atoms with E-state index in [2.05, 4.69) is 6.92 Å². The molecule has 3 heteroatoms. The zero-order chi connectivity index (χ0) is 11.3. The monoisotopic (exact) mass is 215 g/mol. The van der Waals surface area contributed by atoms with E-state index in [0.717, 1.165) is 13.0 Å². The fourth-order valence-electron chi connectivity index (χ4n) is 1.42. The molecular formula is C12H25NO2. The molecule has 1 aliphatic heterocycles. The third-order valence-electron chi connectivity index (χ3n) is 2.49. The van der Waals surface area contributed by atoms with Crippen molar-refractivity contribution in [1.29, 1.82) is 0 Å². The normalized spacial score (nSPS) is 29.2. The highest BCUT2D eigenvalue weighted by atomic mass is 16.7. The maximum Gasteiger partial charge on any atom is 0.163 e. The van der Waals surface area contributed by atoms with Gasteiger partial charge < -0.3 is 15.2 Å². The Morgan fingerprint density at radius 2 is 1.93 bits per heavy atom. The lowest BCUT2D eigenvalue weighted by atomic mass is 10.0. The summed E-state index contributed by atoms with van der Waals surface area (Å²) in [6, 6.07) is 0. The summed E-state index contributed by atoms with van der Waals surface area (Å²) < 4.78 is 11.1. The highest BCUT2D eigenvalue weighted by molar-refractivity contribution is 4.72. The number of nitrogens with two attached hydrogens (primary N) is 1. The average Bonchev–Trinajstić information content (AvgIpc) is 2.98. The molecular weight excluding hydrogens is 190 g/mol. The molecule has 0 aromatic rings. The number of hydrogen-bond donors (Lipinski definition) is 1. The molecule has 2 fully saturated rings. The summed E-state index contributed by atoms with van der Waals surface area (Å²) in [5.74, 6) is 0.131. The van der Waals surface area contributed by atoms with Gasteiger partial charge in [0.15, 0.2) is 5.79 Å². The van der Waals surface area contributed by atoms with Gasteiger partial charge in [0.2, 0.25) is 0 Å². The van der Waals surface area contributed by atoms with Gasteiger partial charge in [-0.25, -0.2) is 0 Å². The Labute approximate surface area is 93.3 Å². The summed E-state index contributed by atoms with van der Waals surface area (Å²) >= 11 is 0. The van der Waals surface area contributed by atoms with E-state index >= 15 is 0 Å². The van der Waals surface area contributed by atoms with Crippen molar-refractivity contribution < 1.29 is 9.47 Å². The zero-order valence-corrected chi connectivity index (χ0v) is 10.3. The maximum atomic E-state index is 5.64. The summed E-state index contributed by atoms with van der Waals surface area (Å²) in [5.41, 5.74) is 5.52. The summed E-state index contributed by atoms with van der Waals surface area (Å²) in [7, 11) is 0. The summed E-state index contributed by atoms with van der Waals surface area (Å²) in [6.07, 6.45) is 5.73. The lowest BCUT2D eigenvalue weighted by Crippen LogP contribution is -2.24. The molecule has 2 N–H and O–H groups in total. The molecule has 3 nitrogen and oxygen atoms in total. The fourth-order valence-corrected chi connectivity index (χ4v) is 1.42. The van der Waals surface area contributed by atoms with E-state index < -0.39 is 0 Å². The van der Waals surface area contributed by atoms with Crippen molar-refractivity contribution in [2.45, 2.75) is 58.3 Å². The molecule has 15 heavy (non-hydrogen) atoms. The molecule has 2 unspecified atom stereocenters. The van der Waals surface area contributed by atoms with Crippen molar-refractivity contribution >= 4 is 0 Å². The van der Waals surface area contributed by atoms with Crippen LogP contribution in [0, 0.1) is 5.92 Å². The third-order valence-corrected chi connectivity index (χ3v) is 2.49. The Kier molecular flexibility index (Phi) is 5.03. The van der Waals surface area contributed by atoms with Crippen molar-refractivity contribution in [3.05, 3.63) is 0 Å². The summed E-state index contributed by atoms with van der Waals surface area (Å²) in [5, 5.41) is 0. The molecule has 0 aromatic carbocycles. The average molecular weight is 215 g/mol. The first-order valence-electron chi connectivity index (χ1n) is 6.05. The van der Waals surface area contributed by atoms with Crippen LogP contribution in [0.15, 0.2) is 0 Å². The Hall–Kier alpha value is -0.120. The predicted octanol–water partition coefficient (Wildman–Crippen LogP) is 2.29. The number of ether oxygens (including phenoxy) is 2. The molecule has 2 rings (SSSR count). The van der Waals surface area contributed by atoms with Crippen LogP contribution < -0.4 is 5.73 Å². The van der Waals surface area contributed by atoms with Crippen LogP contribution in [0.2, 0.25) is 0 Å². The molecule has 1 aliphatic carbocycles. The first kappa shape index (κ1) is 12.9. The van der Waals surface area contributed by atoms with Crippen LogP contribution in [-0.2, 0) is 9.47 Å².